The molecular weight excluding hydrogens is 361 g/mol. The zero-order valence-electron chi connectivity index (χ0n) is 14.5. The van der Waals surface area contributed by atoms with Gasteiger partial charge in [-0.05, 0) is 25.0 Å². The minimum atomic E-state index is -4.64. The highest BCUT2D eigenvalue weighted by atomic mass is 19.4. The lowest BCUT2D eigenvalue weighted by molar-refractivity contribution is -0.136. The zero-order valence-corrected chi connectivity index (χ0v) is 14.5. The summed E-state index contributed by atoms with van der Waals surface area (Å²) in [5, 5.41) is -0.135. The molecule has 0 unspecified atom stereocenters. The molecule has 0 atom stereocenters. The number of hydrogen-bond acceptors (Lipinski definition) is 3. The Morgan fingerprint density at radius 3 is 2.44 bits per heavy atom. The molecule has 0 spiro atoms. The molecular formula is C18H19F3N4O2. The third-order valence-electron chi connectivity index (χ3n) is 4.43. The lowest BCUT2D eigenvalue weighted by Gasteiger charge is -2.11. The Morgan fingerprint density at radius 2 is 1.78 bits per heavy atom. The van der Waals surface area contributed by atoms with Gasteiger partial charge in [0.05, 0.1) is 22.8 Å². The number of rotatable bonds is 7. The van der Waals surface area contributed by atoms with E-state index in [1.807, 2.05) is 10.8 Å². The first-order valence-electron chi connectivity index (χ1n) is 8.67. The normalized spacial score (nSPS) is 12.0. The predicted molar refractivity (Wildman–Crippen MR) is 94.5 cm³/mol. The van der Waals surface area contributed by atoms with Crippen molar-refractivity contribution in [3.63, 3.8) is 0 Å². The van der Waals surface area contributed by atoms with Gasteiger partial charge in [-0.2, -0.15) is 13.2 Å². The van der Waals surface area contributed by atoms with E-state index in [1.165, 1.54) is 12.1 Å². The number of H-pyrrole nitrogens is 1. The molecule has 0 saturated heterocycles. The van der Waals surface area contributed by atoms with Gasteiger partial charge in [-0.1, -0.05) is 18.9 Å². The molecule has 0 amide bonds. The van der Waals surface area contributed by atoms with Crippen molar-refractivity contribution in [1.29, 1.82) is 0 Å². The lowest BCUT2D eigenvalue weighted by atomic mass is 10.1. The summed E-state index contributed by atoms with van der Waals surface area (Å²) in [6.45, 7) is 1.02. The molecule has 0 aliphatic heterocycles. The second-order valence-corrected chi connectivity index (χ2v) is 6.33. The van der Waals surface area contributed by atoms with Crippen LogP contribution in [0, 0.1) is 0 Å². The Morgan fingerprint density at radius 1 is 1.04 bits per heavy atom. The lowest BCUT2D eigenvalue weighted by Crippen LogP contribution is -2.35. The molecule has 2 aromatic heterocycles. The number of alkyl halides is 3. The van der Waals surface area contributed by atoms with Crippen molar-refractivity contribution in [2.75, 3.05) is 0 Å². The van der Waals surface area contributed by atoms with Crippen molar-refractivity contribution in [1.82, 2.24) is 19.1 Å². The number of aromatic amines is 1. The van der Waals surface area contributed by atoms with E-state index in [9.17, 15) is 22.8 Å². The summed E-state index contributed by atoms with van der Waals surface area (Å²) >= 11 is 0. The van der Waals surface area contributed by atoms with Gasteiger partial charge in [-0.15, -0.1) is 0 Å². The number of halogens is 3. The van der Waals surface area contributed by atoms with Crippen molar-refractivity contribution in [2.24, 2.45) is 0 Å². The van der Waals surface area contributed by atoms with Crippen LogP contribution in [0.2, 0.25) is 0 Å². The molecule has 9 heteroatoms. The van der Waals surface area contributed by atoms with Gasteiger partial charge in [0, 0.05) is 25.5 Å². The number of hydrogen-bond donors (Lipinski definition) is 1. The Bertz CT molecular complexity index is 1020. The minimum absolute atomic E-state index is 0.135. The van der Waals surface area contributed by atoms with Gasteiger partial charge in [0.25, 0.3) is 5.56 Å². The first-order valence-corrected chi connectivity index (χ1v) is 8.67. The van der Waals surface area contributed by atoms with Gasteiger partial charge in [0.2, 0.25) is 0 Å². The molecule has 1 aromatic carbocycles. The molecule has 0 radical (unpaired) electrons. The van der Waals surface area contributed by atoms with Gasteiger partial charge >= 0.3 is 11.9 Å². The largest absolute Gasteiger partial charge is 0.418 e. The summed E-state index contributed by atoms with van der Waals surface area (Å²) in [6.07, 6.45) is 3.94. The predicted octanol–water partition coefficient (Wildman–Crippen LogP) is 3.17. The Kier molecular flexibility index (Phi) is 5.48. The fourth-order valence-corrected chi connectivity index (χ4v) is 3.05. The number of nitrogens with zero attached hydrogens (tertiary/aromatic N) is 3. The third kappa shape index (κ3) is 4.29. The Hall–Kier alpha value is -2.84. The van der Waals surface area contributed by atoms with Gasteiger partial charge in [-0.25, -0.2) is 9.78 Å². The first kappa shape index (κ1) is 18.9. The number of nitrogens with one attached hydrogen (secondary N) is 1. The Labute approximate surface area is 152 Å². The molecule has 0 bridgehead atoms. The van der Waals surface area contributed by atoms with E-state index >= 15 is 0 Å². The van der Waals surface area contributed by atoms with Crippen molar-refractivity contribution < 1.29 is 13.2 Å². The van der Waals surface area contributed by atoms with Crippen LogP contribution in [0.25, 0.3) is 10.9 Å². The molecule has 3 rings (SSSR count). The second-order valence-electron chi connectivity index (χ2n) is 6.33. The molecule has 1 N–H and O–H groups in total. The smallest absolute Gasteiger partial charge is 0.337 e. The van der Waals surface area contributed by atoms with Crippen LogP contribution in [0.4, 0.5) is 13.2 Å². The molecule has 144 valence electrons. The maximum atomic E-state index is 13.1. The molecule has 3 aromatic rings. The monoisotopic (exact) mass is 380 g/mol. The van der Waals surface area contributed by atoms with Gasteiger partial charge in [0.1, 0.15) is 0 Å². The maximum absolute atomic E-state index is 13.1. The van der Waals surface area contributed by atoms with E-state index in [2.05, 4.69) is 9.97 Å². The summed E-state index contributed by atoms with van der Waals surface area (Å²) in [4.78, 5) is 30.8. The third-order valence-corrected chi connectivity index (χ3v) is 4.43. The van der Waals surface area contributed by atoms with Crippen LogP contribution in [0.5, 0.6) is 0 Å². The number of para-hydroxylation sites is 1. The van der Waals surface area contributed by atoms with Gasteiger partial charge in [0.15, 0.2) is 0 Å². The first-order chi connectivity index (χ1) is 12.9. The summed E-state index contributed by atoms with van der Waals surface area (Å²) in [7, 11) is 0. The highest BCUT2D eigenvalue weighted by Crippen LogP contribution is 2.32. The number of aryl methyl sites for hydroxylation is 1. The van der Waals surface area contributed by atoms with Crippen molar-refractivity contribution >= 4 is 10.9 Å². The van der Waals surface area contributed by atoms with E-state index in [-0.39, 0.29) is 11.9 Å². The average Bonchev–Trinajstić information content (AvgIpc) is 3.12. The Balaban J connectivity index is 1.68. The van der Waals surface area contributed by atoms with E-state index in [1.54, 1.807) is 12.5 Å². The van der Waals surface area contributed by atoms with Crippen molar-refractivity contribution in [3.05, 3.63) is 63.3 Å². The van der Waals surface area contributed by atoms with E-state index in [0.717, 1.165) is 36.4 Å². The van der Waals surface area contributed by atoms with Crippen LogP contribution in [-0.4, -0.2) is 19.1 Å². The maximum Gasteiger partial charge on any atom is 0.418 e. The van der Waals surface area contributed by atoms with E-state index in [4.69, 9.17) is 0 Å². The average molecular weight is 380 g/mol. The molecule has 2 heterocycles. The zero-order chi connectivity index (χ0) is 19.4. The summed E-state index contributed by atoms with van der Waals surface area (Å²) in [6, 6.07) is 3.32. The van der Waals surface area contributed by atoms with E-state index in [0.29, 0.717) is 6.42 Å². The number of imidazole rings is 1. The fraction of sp³-hybridized carbons (Fsp3) is 0.389. The van der Waals surface area contributed by atoms with E-state index < -0.39 is 28.5 Å². The topological polar surface area (TPSA) is 72.7 Å². The van der Waals surface area contributed by atoms with Crippen LogP contribution >= 0.6 is 0 Å². The van der Waals surface area contributed by atoms with Crippen LogP contribution in [0.3, 0.4) is 0 Å². The molecule has 27 heavy (non-hydrogen) atoms. The second kappa shape index (κ2) is 7.81. The number of benzene rings is 1. The molecule has 0 fully saturated rings. The van der Waals surface area contributed by atoms with Crippen LogP contribution in [0.15, 0.2) is 46.5 Å². The van der Waals surface area contributed by atoms with Gasteiger partial charge in [-0.3, -0.25) is 9.36 Å². The molecule has 6 nitrogen and oxygen atoms in total. The fourth-order valence-electron chi connectivity index (χ4n) is 3.05. The summed E-state index contributed by atoms with van der Waals surface area (Å²) in [5.74, 6) is 0. The highest BCUT2D eigenvalue weighted by molar-refractivity contribution is 5.81. The highest BCUT2D eigenvalue weighted by Gasteiger charge is 2.33. The summed E-state index contributed by atoms with van der Waals surface area (Å²) in [5.41, 5.74) is -2.99. The quantitative estimate of drug-likeness (QED) is 0.640. The van der Waals surface area contributed by atoms with Crippen molar-refractivity contribution in [2.45, 2.75) is 44.9 Å². The van der Waals surface area contributed by atoms with Gasteiger partial charge < -0.3 is 9.55 Å². The minimum Gasteiger partial charge on any atom is -0.337 e. The SMILES string of the molecule is O=c1[nH]c2c(C(F)(F)F)cccc2c(=O)n1CCCCCCn1ccnc1. The molecule has 0 aliphatic carbocycles. The molecule has 0 aliphatic rings. The van der Waals surface area contributed by atoms with Crippen LogP contribution in [0.1, 0.15) is 31.2 Å². The van der Waals surface area contributed by atoms with Crippen molar-refractivity contribution in [3.8, 4) is 0 Å². The van der Waals surface area contributed by atoms with Crippen LogP contribution < -0.4 is 11.2 Å². The number of unbranched alkanes of at least 4 members (excludes halogenated alkanes) is 3. The number of aromatic nitrogens is 4. The summed E-state index contributed by atoms with van der Waals surface area (Å²) < 4.78 is 42.1. The standard InChI is InChI=1S/C18H19F3N4O2/c19-18(20,21)14-7-5-6-13-15(14)23-17(27)25(16(13)26)10-4-2-1-3-9-24-11-8-22-12-24/h5-8,11-12H,1-4,9-10H2,(H,23,27). The van der Waals surface area contributed by atoms with Crippen LogP contribution in [-0.2, 0) is 19.3 Å². The molecule has 0 saturated carbocycles. The number of fused-ring (bicyclic) bond motifs is 1.